The second-order valence-corrected chi connectivity index (χ2v) is 6.89. The Morgan fingerprint density at radius 1 is 1.15 bits per heavy atom. The maximum atomic E-state index is 10.7. The number of aryl methyl sites for hydroxylation is 2. The van der Waals surface area contributed by atoms with Gasteiger partial charge in [0.25, 0.3) is 0 Å². The first kappa shape index (κ1) is 16.7. The maximum absolute atomic E-state index is 10.7. The number of nitrogens with one attached hydrogen (secondary N) is 2. The van der Waals surface area contributed by atoms with Gasteiger partial charge in [0.1, 0.15) is 0 Å². The number of aromatic nitrogens is 1. The first-order chi connectivity index (χ1) is 12.6. The Morgan fingerprint density at radius 3 is 2.73 bits per heavy atom. The molecule has 1 aliphatic rings. The zero-order valence-electron chi connectivity index (χ0n) is 14.8. The van der Waals surface area contributed by atoms with Crippen molar-refractivity contribution in [2.45, 2.75) is 32.0 Å². The zero-order valence-corrected chi connectivity index (χ0v) is 14.8. The minimum Gasteiger partial charge on any atom is -0.465 e. The third-order valence-electron chi connectivity index (χ3n) is 5.27. The summed E-state index contributed by atoms with van der Waals surface area (Å²) in [7, 11) is 2.12. The monoisotopic (exact) mass is 349 g/mol. The molecule has 2 aromatic carbocycles. The highest BCUT2D eigenvalue weighted by molar-refractivity contribution is 5.87. The van der Waals surface area contributed by atoms with Crippen LogP contribution in [0.4, 0.5) is 4.79 Å². The number of benzene rings is 2. The fraction of sp³-hybridized carbons (Fsp3) is 0.286. The summed E-state index contributed by atoms with van der Waals surface area (Å²) in [5.41, 5.74) is 6.25. The topological polar surface area (TPSA) is 66.3 Å². The predicted octanol–water partition coefficient (Wildman–Crippen LogP) is 3.72. The molecule has 1 aromatic heterocycles. The number of nitrogens with zero attached hydrogens (tertiary/aromatic N) is 1. The van der Waals surface area contributed by atoms with Crippen LogP contribution >= 0.6 is 0 Å². The largest absolute Gasteiger partial charge is 0.465 e. The Morgan fingerprint density at radius 2 is 1.96 bits per heavy atom. The van der Waals surface area contributed by atoms with Gasteiger partial charge in [0.2, 0.25) is 0 Å². The summed E-state index contributed by atoms with van der Waals surface area (Å²) in [6.45, 7) is 1.20. The van der Waals surface area contributed by atoms with Crippen LogP contribution in [-0.2, 0) is 26.6 Å². The third-order valence-corrected chi connectivity index (χ3v) is 5.27. The number of hydrogen-bond acceptors (Lipinski definition) is 2. The van der Waals surface area contributed by atoms with E-state index in [9.17, 15) is 4.79 Å². The highest BCUT2D eigenvalue weighted by Crippen LogP contribution is 2.38. The van der Waals surface area contributed by atoms with Gasteiger partial charge >= 0.3 is 6.09 Å². The summed E-state index contributed by atoms with van der Waals surface area (Å²) < 4.78 is 2.29. The van der Waals surface area contributed by atoms with Crippen molar-refractivity contribution in [2.24, 2.45) is 7.05 Å². The van der Waals surface area contributed by atoms with Gasteiger partial charge in [0.05, 0.1) is 0 Å². The Balaban J connectivity index is 1.59. The number of hydrogen-bond donors (Lipinski definition) is 3. The lowest BCUT2D eigenvalue weighted by Crippen LogP contribution is -2.20. The second kappa shape index (κ2) is 6.84. The van der Waals surface area contributed by atoms with Crippen LogP contribution in [0, 0.1) is 0 Å². The predicted molar refractivity (Wildman–Crippen MR) is 102 cm³/mol. The average molecular weight is 349 g/mol. The fourth-order valence-corrected chi connectivity index (χ4v) is 4.04. The second-order valence-electron chi connectivity index (χ2n) is 6.89. The molecule has 0 bridgehead atoms. The molecule has 1 unspecified atom stereocenters. The van der Waals surface area contributed by atoms with E-state index in [1.807, 2.05) is 12.1 Å². The minimum atomic E-state index is -0.992. The number of rotatable bonds is 5. The molecular weight excluding hydrogens is 326 g/mol. The molecule has 4 rings (SSSR count). The van der Waals surface area contributed by atoms with Gasteiger partial charge < -0.3 is 20.3 Å². The molecule has 0 fully saturated rings. The molecule has 1 heterocycles. The van der Waals surface area contributed by atoms with Gasteiger partial charge in [-0.2, -0.15) is 0 Å². The molecule has 3 N–H and O–H groups in total. The summed E-state index contributed by atoms with van der Waals surface area (Å²) in [5, 5.41) is 16.2. The summed E-state index contributed by atoms with van der Waals surface area (Å²) in [4.78, 5) is 10.7. The third kappa shape index (κ3) is 3.06. The fourth-order valence-electron chi connectivity index (χ4n) is 4.04. The standard InChI is InChI=1S/C21H23N3O2/c1-24-19-10-7-15(13-23-21(25)26)11-17(19)16-8-9-18(20(16)24)22-12-14-5-3-2-4-6-14/h2-7,10-11,18,22-23H,8-9,12-13H2,1H3,(H,25,26). The normalized spacial score (nSPS) is 16.0. The van der Waals surface area contributed by atoms with Crippen LogP contribution in [0.3, 0.4) is 0 Å². The number of carboxylic acid groups (broad SMARTS) is 1. The van der Waals surface area contributed by atoms with Crippen molar-refractivity contribution in [2.75, 3.05) is 0 Å². The van der Waals surface area contributed by atoms with E-state index in [0.29, 0.717) is 12.6 Å². The summed E-state index contributed by atoms with van der Waals surface area (Å²) in [6.07, 6.45) is 1.15. The summed E-state index contributed by atoms with van der Waals surface area (Å²) in [6, 6.07) is 17.0. The van der Waals surface area contributed by atoms with Gasteiger partial charge in [-0.1, -0.05) is 36.4 Å². The van der Waals surface area contributed by atoms with Gasteiger partial charge in [0.15, 0.2) is 0 Å². The van der Waals surface area contributed by atoms with Gasteiger partial charge in [-0.3, -0.25) is 0 Å². The molecule has 0 saturated carbocycles. The smallest absolute Gasteiger partial charge is 0.404 e. The first-order valence-corrected chi connectivity index (χ1v) is 8.97. The van der Waals surface area contributed by atoms with Crippen molar-refractivity contribution in [3.05, 3.63) is 70.9 Å². The van der Waals surface area contributed by atoms with Crippen LogP contribution in [0.15, 0.2) is 48.5 Å². The molecule has 26 heavy (non-hydrogen) atoms. The highest BCUT2D eigenvalue weighted by atomic mass is 16.4. The number of amides is 1. The quantitative estimate of drug-likeness (QED) is 0.658. The summed E-state index contributed by atoms with van der Waals surface area (Å²) in [5.74, 6) is 0. The van der Waals surface area contributed by atoms with Gasteiger partial charge in [0, 0.05) is 42.8 Å². The zero-order chi connectivity index (χ0) is 18.1. The van der Waals surface area contributed by atoms with Crippen molar-refractivity contribution >= 4 is 17.0 Å². The van der Waals surface area contributed by atoms with E-state index in [2.05, 4.69) is 58.6 Å². The molecule has 1 aliphatic carbocycles. The van der Waals surface area contributed by atoms with E-state index in [-0.39, 0.29) is 0 Å². The molecule has 0 saturated heterocycles. The van der Waals surface area contributed by atoms with E-state index >= 15 is 0 Å². The van der Waals surface area contributed by atoms with Crippen LogP contribution in [0.25, 0.3) is 10.9 Å². The Hall–Kier alpha value is -2.79. The lowest BCUT2D eigenvalue weighted by atomic mass is 10.1. The van der Waals surface area contributed by atoms with Gasteiger partial charge in [-0.15, -0.1) is 0 Å². The molecule has 0 aliphatic heterocycles. The van der Waals surface area contributed by atoms with E-state index in [1.54, 1.807) is 0 Å². The molecular formula is C21H23N3O2. The minimum absolute atomic E-state index is 0.338. The molecule has 3 aromatic rings. The SMILES string of the molecule is Cn1c2c(c3cc(CNC(=O)O)ccc31)CCC2NCc1ccccc1. The number of fused-ring (bicyclic) bond motifs is 3. The lowest BCUT2D eigenvalue weighted by Gasteiger charge is -2.15. The Bertz CT molecular complexity index is 947. The van der Waals surface area contributed by atoms with Crippen LogP contribution in [0.1, 0.15) is 34.8 Å². The van der Waals surface area contributed by atoms with Crippen molar-refractivity contribution in [3.63, 3.8) is 0 Å². The Kier molecular flexibility index (Phi) is 4.39. The lowest BCUT2D eigenvalue weighted by molar-refractivity contribution is 0.194. The molecule has 1 atom stereocenters. The summed E-state index contributed by atoms with van der Waals surface area (Å²) >= 11 is 0. The van der Waals surface area contributed by atoms with Gasteiger partial charge in [-0.25, -0.2) is 4.79 Å². The molecule has 0 spiro atoms. The average Bonchev–Trinajstić information content (AvgIpc) is 3.19. The van der Waals surface area contributed by atoms with Crippen molar-refractivity contribution in [3.8, 4) is 0 Å². The van der Waals surface area contributed by atoms with Crippen LogP contribution < -0.4 is 10.6 Å². The van der Waals surface area contributed by atoms with E-state index in [0.717, 1.165) is 24.9 Å². The molecule has 0 radical (unpaired) electrons. The molecule has 134 valence electrons. The van der Waals surface area contributed by atoms with Crippen LogP contribution in [0.5, 0.6) is 0 Å². The van der Waals surface area contributed by atoms with E-state index < -0.39 is 6.09 Å². The van der Waals surface area contributed by atoms with Crippen molar-refractivity contribution in [1.82, 2.24) is 15.2 Å². The van der Waals surface area contributed by atoms with Crippen molar-refractivity contribution in [1.29, 1.82) is 0 Å². The molecule has 5 heteroatoms. The number of carbonyl (C=O) groups is 1. The molecule has 5 nitrogen and oxygen atoms in total. The first-order valence-electron chi connectivity index (χ1n) is 8.97. The van der Waals surface area contributed by atoms with E-state index in [4.69, 9.17) is 5.11 Å². The van der Waals surface area contributed by atoms with Crippen LogP contribution in [-0.4, -0.2) is 15.8 Å². The molecule has 1 amide bonds. The van der Waals surface area contributed by atoms with Crippen molar-refractivity contribution < 1.29 is 9.90 Å². The Labute approximate surface area is 152 Å². The van der Waals surface area contributed by atoms with Gasteiger partial charge in [-0.05, 0) is 41.7 Å². The van der Waals surface area contributed by atoms with Crippen LogP contribution in [0.2, 0.25) is 0 Å². The van der Waals surface area contributed by atoms with E-state index in [1.165, 1.54) is 27.7 Å². The maximum Gasteiger partial charge on any atom is 0.404 e. The highest BCUT2D eigenvalue weighted by Gasteiger charge is 2.28.